The van der Waals surface area contributed by atoms with Gasteiger partial charge >= 0.3 is 0 Å². The number of nitrogens with two attached hydrogens (primary N) is 1. The second-order valence-electron chi connectivity index (χ2n) is 5.43. The largest absolute Gasteiger partial charge is 0.346 e. The lowest BCUT2D eigenvalue weighted by molar-refractivity contribution is 0.0915. The van der Waals surface area contributed by atoms with Crippen LogP contribution in [0.15, 0.2) is 29.2 Å². The van der Waals surface area contributed by atoms with Gasteiger partial charge in [-0.25, -0.2) is 22.0 Å². The number of amides is 1. The maximum Gasteiger partial charge on any atom is 0.251 e. The summed E-state index contributed by atoms with van der Waals surface area (Å²) in [6.07, 6.45) is 0.357. The number of carbonyl (C=O) groups is 1. The van der Waals surface area contributed by atoms with Crippen molar-refractivity contribution in [1.82, 2.24) is 5.32 Å². The van der Waals surface area contributed by atoms with Gasteiger partial charge in [0.15, 0.2) is 9.84 Å². The highest BCUT2D eigenvalue weighted by atomic mass is 32.2. The summed E-state index contributed by atoms with van der Waals surface area (Å²) in [4.78, 5) is 12.0. The van der Waals surface area contributed by atoms with Crippen molar-refractivity contribution in [2.75, 3.05) is 11.5 Å². The van der Waals surface area contributed by atoms with Gasteiger partial charge in [0.05, 0.1) is 21.9 Å². The zero-order valence-corrected chi connectivity index (χ0v) is 13.0. The molecule has 7 nitrogen and oxygen atoms in total. The number of carbonyl (C=O) groups excluding carboxylic acids is 1. The van der Waals surface area contributed by atoms with E-state index in [4.69, 9.17) is 5.14 Å². The molecular weight excluding hydrogens is 316 g/mol. The van der Waals surface area contributed by atoms with Crippen LogP contribution < -0.4 is 10.5 Å². The molecule has 1 aliphatic rings. The molecule has 1 atom stereocenters. The molecule has 3 N–H and O–H groups in total. The Hall–Kier alpha value is -1.45. The maximum atomic E-state index is 12.1. The van der Waals surface area contributed by atoms with E-state index in [1.54, 1.807) is 6.92 Å². The summed E-state index contributed by atoms with van der Waals surface area (Å²) < 4.78 is 45.2. The first-order chi connectivity index (χ1) is 9.51. The van der Waals surface area contributed by atoms with E-state index in [9.17, 15) is 21.6 Å². The zero-order valence-electron chi connectivity index (χ0n) is 11.4. The van der Waals surface area contributed by atoms with Crippen LogP contribution in [0.25, 0.3) is 0 Å². The van der Waals surface area contributed by atoms with Gasteiger partial charge in [0.2, 0.25) is 10.0 Å². The average molecular weight is 332 g/mol. The fourth-order valence-corrected chi connectivity index (χ4v) is 4.86. The number of hydrogen-bond donors (Lipinski definition) is 2. The standard InChI is InChI=1S/C12H16N2O5S2/c1-12(6-7-20(16,17)8-12)14-11(15)9-2-4-10(5-3-9)21(13,18)19/h2-5H,6-8H2,1H3,(H,14,15)(H2,13,18,19). The first-order valence-corrected chi connectivity index (χ1v) is 9.53. The highest BCUT2D eigenvalue weighted by Crippen LogP contribution is 2.23. The molecule has 1 saturated heterocycles. The lowest BCUT2D eigenvalue weighted by Gasteiger charge is -2.23. The lowest BCUT2D eigenvalue weighted by atomic mass is 10.0. The third-order valence-corrected chi connectivity index (χ3v) is 6.20. The third-order valence-electron chi connectivity index (χ3n) is 3.36. The van der Waals surface area contributed by atoms with Crippen molar-refractivity contribution in [3.63, 3.8) is 0 Å². The quantitative estimate of drug-likeness (QED) is 0.782. The van der Waals surface area contributed by atoms with Crippen LogP contribution in [0, 0.1) is 0 Å². The van der Waals surface area contributed by atoms with Crippen molar-refractivity contribution in [3.05, 3.63) is 29.8 Å². The number of primary sulfonamides is 1. The molecule has 0 saturated carbocycles. The van der Waals surface area contributed by atoms with E-state index in [1.807, 2.05) is 0 Å². The fourth-order valence-electron chi connectivity index (χ4n) is 2.25. The van der Waals surface area contributed by atoms with E-state index in [1.165, 1.54) is 24.3 Å². The van der Waals surface area contributed by atoms with E-state index in [0.717, 1.165) is 0 Å². The minimum Gasteiger partial charge on any atom is -0.346 e. The second kappa shape index (κ2) is 5.08. The Balaban J connectivity index is 2.15. The molecule has 9 heteroatoms. The Morgan fingerprint density at radius 2 is 1.86 bits per heavy atom. The topological polar surface area (TPSA) is 123 Å². The summed E-state index contributed by atoms with van der Waals surface area (Å²) in [7, 11) is -6.92. The molecule has 21 heavy (non-hydrogen) atoms. The Bertz CT molecular complexity index is 768. The normalized spacial score (nSPS) is 24.7. The molecule has 1 heterocycles. The summed E-state index contributed by atoms with van der Waals surface area (Å²) in [5, 5.41) is 7.66. The minimum atomic E-state index is -3.81. The minimum absolute atomic E-state index is 0.0497. The molecule has 2 rings (SSSR count). The Morgan fingerprint density at radius 3 is 2.29 bits per heavy atom. The summed E-state index contributed by atoms with van der Waals surface area (Å²) in [6, 6.07) is 5.14. The highest BCUT2D eigenvalue weighted by Gasteiger charge is 2.39. The predicted molar refractivity (Wildman–Crippen MR) is 77.0 cm³/mol. The lowest BCUT2D eigenvalue weighted by Crippen LogP contribution is -2.46. The van der Waals surface area contributed by atoms with Crippen LogP contribution in [0.2, 0.25) is 0 Å². The van der Waals surface area contributed by atoms with Crippen LogP contribution in [0.1, 0.15) is 23.7 Å². The maximum absolute atomic E-state index is 12.1. The molecular formula is C12H16N2O5S2. The van der Waals surface area contributed by atoms with Crippen LogP contribution >= 0.6 is 0 Å². The average Bonchev–Trinajstić information content (AvgIpc) is 2.62. The van der Waals surface area contributed by atoms with Gasteiger partial charge in [-0.3, -0.25) is 4.79 Å². The van der Waals surface area contributed by atoms with Crippen LogP contribution in [0.4, 0.5) is 0 Å². The van der Waals surface area contributed by atoms with Crippen molar-refractivity contribution in [2.45, 2.75) is 23.8 Å². The smallest absolute Gasteiger partial charge is 0.251 e. The van der Waals surface area contributed by atoms with Gasteiger partial charge in [-0.15, -0.1) is 0 Å². The molecule has 0 aromatic heterocycles. The van der Waals surface area contributed by atoms with Crippen molar-refractivity contribution in [2.24, 2.45) is 5.14 Å². The molecule has 116 valence electrons. The van der Waals surface area contributed by atoms with Crippen LogP contribution in [-0.4, -0.2) is 39.8 Å². The molecule has 1 unspecified atom stereocenters. The molecule has 0 radical (unpaired) electrons. The van der Waals surface area contributed by atoms with Gasteiger partial charge < -0.3 is 5.32 Å². The van der Waals surface area contributed by atoms with Crippen LogP contribution in [-0.2, 0) is 19.9 Å². The second-order valence-corrected chi connectivity index (χ2v) is 9.17. The SMILES string of the molecule is CC1(NC(=O)c2ccc(S(N)(=O)=O)cc2)CCS(=O)(=O)C1. The fraction of sp³-hybridized carbons (Fsp3) is 0.417. The first kappa shape index (κ1) is 15.9. The van der Waals surface area contributed by atoms with E-state index < -0.39 is 31.3 Å². The van der Waals surface area contributed by atoms with Gasteiger partial charge in [0.25, 0.3) is 5.91 Å². The highest BCUT2D eigenvalue weighted by molar-refractivity contribution is 7.91. The zero-order chi connectivity index (χ0) is 15.9. The van der Waals surface area contributed by atoms with Crippen molar-refractivity contribution < 1.29 is 21.6 Å². The summed E-state index contributed by atoms with van der Waals surface area (Å²) in [6.45, 7) is 1.67. The number of sulfonamides is 1. The molecule has 0 aliphatic carbocycles. The predicted octanol–water partition coefficient (Wildman–Crippen LogP) is -0.359. The van der Waals surface area contributed by atoms with E-state index in [0.29, 0.717) is 6.42 Å². The third kappa shape index (κ3) is 3.80. The Morgan fingerprint density at radius 1 is 1.29 bits per heavy atom. The molecule has 1 aliphatic heterocycles. The monoisotopic (exact) mass is 332 g/mol. The van der Waals surface area contributed by atoms with E-state index in [-0.39, 0.29) is 22.0 Å². The van der Waals surface area contributed by atoms with Gasteiger partial charge in [-0.1, -0.05) is 0 Å². The molecule has 1 aromatic rings. The summed E-state index contributed by atoms with van der Waals surface area (Å²) in [5.41, 5.74) is -0.554. The van der Waals surface area contributed by atoms with Gasteiger partial charge in [-0.05, 0) is 37.6 Å². The number of rotatable bonds is 3. The van der Waals surface area contributed by atoms with Crippen molar-refractivity contribution in [1.29, 1.82) is 0 Å². The van der Waals surface area contributed by atoms with Gasteiger partial charge in [-0.2, -0.15) is 0 Å². The summed E-state index contributed by atoms with van der Waals surface area (Å²) in [5.74, 6) is -0.495. The molecule has 1 aromatic carbocycles. The summed E-state index contributed by atoms with van der Waals surface area (Å²) >= 11 is 0. The van der Waals surface area contributed by atoms with E-state index >= 15 is 0 Å². The van der Waals surface area contributed by atoms with Gasteiger partial charge in [0.1, 0.15) is 0 Å². The van der Waals surface area contributed by atoms with Crippen molar-refractivity contribution in [3.8, 4) is 0 Å². The Kier molecular flexibility index (Phi) is 3.85. The van der Waals surface area contributed by atoms with Crippen LogP contribution in [0.5, 0.6) is 0 Å². The van der Waals surface area contributed by atoms with Gasteiger partial charge in [0, 0.05) is 5.56 Å². The number of nitrogens with one attached hydrogen (secondary N) is 1. The number of sulfone groups is 1. The molecule has 0 bridgehead atoms. The van der Waals surface area contributed by atoms with E-state index in [2.05, 4.69) is 5.32 Å². The van der Waals surface area contributed by atoms with Crippen LogP contribution in [0.3, 0.4) is 0 Å². The first-order valence-electron chi connectivity index (χ1n) is 6.17. The number of hydrogen-bond acceptors (Lipinski definition) is 5. The Labute approximate surface area is 123 Å². The van der Waals surface area contributed by atoms with Crippen molar-refractivity contribution >= 4 is 25.8 Å². The molecule has 1 amide bonds. The molecule has 0 spiro atoms. The number of benzene rings is 1. The molecule has 1 fully saturated rings.